The van der Waals surface area contributed by atoms with Crippen molar-refractivity contribution >= 4 is 11.9 Å². The molecule has 1 heterocycles. The molecule has 1 fully saturated rings. The van der Waals surface area contributed by atoms with Crippen molar-refractivity contribution in [2.75, 3.05) is 13.1 Å². The van der Waals surface area contributed by atoms with Crippen LogP contribution in [0.2, 0.25) is 0 Å². The van der Waals surface area contributed by atoms with Crippen molar-refractivity contribution in [1.29, 1.82) is 5.26 Å². The summed E-state index contributed by atoms with van der Waals surface area (Å²) in [6.45, 7) is 8.61. The molecule has 1 aliphatic heterocycles. The van der Waals surface area contributed by atoms with E-state index in [4.69, 9.17) is 5.11 Å². The summed E-state index contributed by atoms with van der Waals surface area (Å²) in [4.78, 5) is 25.5. The molecule has 1 aromatic rings. The number of carboxylic acid groups (broad SMARTS) is 1. The Morgan fingerprint density at radius 1 is 1.27 bits per heavy atom. The molecule has 2 rings (SSSR count). The lowest BCUT2D eigenvalue weighted by Gasteiger charge is -2.39. The molecule has 0 aliphatic carbocycles. The summed E-state index contributed by atoms with van der Waals surface area (Å²) >= 11 is 0. The molecule has 1 amide bonds. The highest BCUT2D eigenvalue weighted by Crippen LogP contribution is 2.24. The summed E-state index contributed by atoms with van der Waals surface area (Å²) in [7, 11) is 0. The van der Waals surface area contributed by atoms with Gasteiger partial charge in [-0.1, -0.05) is 17.7 Å². The summed E-state index contributed by atoms with van der Waals surface area (Å²) in [5, 5.41) is 21.7. The van der Waals surface area contributed by atoms with Crippen LogP contribution in [0.4, 0.5) is 0 Å². The molecule has 6 nitrogen and oxygen atoms in total. The van der Waals surface area contributed by atoms with Crippen LogP contribution in [0, 0.1) is 32.1 Å². The summed E-state index contributed by atoms with van der Waals surface area (Å²) in [6, 6.07) is 5.79. The van der Waals surface area contributed by atoms with E-state index in [1.165, 1.54) is 0 Å². The normalized spacial score (nSPS) is 18.0. The van der Waals surface area contributed by atoms with Crippen molar-refractivity contribution in [3.05, 3.63) is 34.4 Å². The smallest absolute Gasteiger partial charge is 0.320 e. The van der Waals surface area contributed by atoms with Crippen molar-refractivity contribution < 1.29 is 14.7 Å². The van der Waals surface area contributed by atoms with Crippen LogP contribution < -0.4 is 5.32 Å². The maximum atomic E-state index is 12.6. The number of carbonyl (C=O) groups excluding carboxylic acids is 1. The van der Waals surface area contributed by atoms with Crippen molar-refractivity contribution in [3.8, 4) is 6.07 Å². The Bertz CT molecular complexity index is 720. The molecule has 1 saturated heterocycles. The fraction of sp³-hybridized carbons (Fsp3) is 0.550. The first kappa shape index (κ1) is 19.9. The van der Waals surface area contributed by atoms with E-state index in [1.54, 1.807) is 6.92 Å². The molecule has 0 saturated carbocycles. The van der Waals surface area contributed by atoms with Crippen molar-refractivity contribution in [3.63, 3.8) is 0 Å². The molecular weight excluding hydrogens is 330 g/mol. The fourth-order valence-electron chi connectivity index (χ4n) is 3.67. The number of nitriles is 1. The third-order valence-electron chi connectivity index (χ3n) is 5.33. The van der Waals surface area contributed by atoms with E-state index in [0.717, 1.165) is 22.3 Å². The Labute approximate surface area is 154 Å². The third kappa shape index (κ3) is 4.41. The Hall–Kier alpha value is -2.39. The van der Waals surface area contributed by atoms with Crippen LogP contribution in [0.15, 0.2) is 12.1 Å². The van der Waals surface area contributed by atoms with Gasteiger partial charge in [0.1, 0.15) is 11.6 Å². The number of hydrogen-bond acceptors (Lipinski definition) is 4. The van der Waals surface area contributed by atoms with E-state index in [2.05, 4.69) is 23.5 Å². The number of likely N-dealkylation sites (tertiary alicyclic amines) is 1. The van der Waals surface area contributed by atoms with Crippen LogP contribution in [0.1, 0.15) is 42.0 Å². The number of benzene rings is 1. The van der Waals surface area contributed by atoms with Gasteiger partial charge >= 0.3 is 5.97 Å². The molecule has 140 valence electrons. The number of carbonyl (C=O) groups is 2. The monoisotopic (exact) mass is 357 g/mol. The minimum absolute atomic E-state index is 0.165. The van der Waals surface area contributed by atoms with E-state index in [-0.39, 0.29) is 12.3 Å². The van der Waals surface area contributed by atoms with Gasteiger partial charge in [-0.3, -0.25) is 14.5 Å². The molecule has 1 aliphatic rings. The Balaban J connectivity index is 2.04. The average molecular weight is 357 g/mol. The van der Waals surface area contributed by atoms with Gasteiger partial charge in [0.25, 0.3) is 0 Å². The third-order valence-corrected chi connectivity index (χ3v) is 5.33. The Morgan fingerprint density at radius 3 is 2.27 bits per heavy atom. The summed E-state index contributed by atoms with van der Waals surface area (Å²) in [5.74, 6) is -1.04. The zero-order valence-corrected chi connectivity index (χ0v) is 15.9. The summed E-state index contributed by atoms with van der Waals surface area (Å²) in [5.41, 5.74) is 3.40. The number of amides is 1. The number of rotatable bonds is 5. The number of aliphatic carboxylic acids is 1. The van der Waals surface area contributed by atoms with Gasteiger partial charge in [-0.15, -0.1) is 0 Å². The van der Waals surface area contributed by atoms with Crippen LogP contribution in [-0.4, -0.2) is 46.6 Å². The standard InChI is InChI=1S/C20H27N3O3/c1-13-9-14(2)17(15(3)10-13)11-18(24)22-20(12-21)5-7-23(8-6-20)16(4)19(25)26/h9-10,16H,5-8,11H2,1-4H3,(H,22,24)(H,25,26). The Kier molecular flexibility index (Phi) is 6.04. The number of aryl methyl sites for hydroxylation is 3. The first-order valence-electron chi connectivity index (χ1n) is 8.93. The molecule has 0 aromatic heterocycles. The SMILES string of the molecule is Cc1cc(C)c(CC(=O)NC2(C#N)CCN(C(C)C(=O)O)CC2)c(C)c1. The Morgan fingerprint density at radius 2 is 1.81 bits per heavy atom. The van der Waals surface area contributed by atoms with Gasteiger partial charge in [-0.05, 0) is 57.2 Å². The predicted molar refractivity (Wildman–Crippen MR) is 98.7 cm³/mol. The second kappa shape index (κ2) is 7.88. The first-order valence-corrected chi connectivity index (χ1v) is 8.93. The highest BCUT2D eigenvalue weighted by molar-refractivity contribution is 5.80. The second-order valence-corrected chi connectivity index (χ2v) is 7.35. The van der Waals surface area contributed by atoms with Gasteiger partial charge in [-0.2, -0.15) is 5.26 Å². The van der Waals surface area contributed by atoms with Gasteiger partial charge in [0.05, 0.1) is 12.5 Å². The zero-order chi connectivity index (χ0) is 19.5. The number of carboxylic acids is 1. The van der Waals surface area contributed by atoms with Gasteiger partial charge in [0, 0.05) is 13.1 Å². The topological polar surface area (TPSA) is 93.4 Å². The summed E-state index contributed by atoms with van der Waals surface area (Å²) in [6.07, 6.45) is 1.11. The van der Waals surface area contributed by atoms with E-state index in [0.29, 0.717) is 25.9 Å². The van der Waals surface area contributed by atoms with Crippen molar-refractivity contribution in [2.24, 2.45) is 0 Å². The number of hydrogen-bond donors (Lipinski definition) is 2. The highest BCUT2D eigenvalue weighted by atomic mass is 16.4. The maximum Gasteiger partial charge on any atom is 0.320 e. The molecule has 0 spiro atoms. The van der Waals surface area contributed by atoms with Gasteiger partial charge < -0.3 is 10.4 Å². The highest BCUT2D eigenvalue weighted by Gasteiger charge is 2.38. The molecule has 1 aromatic carbocycles. The number of nitrogens with one attached hydrogen (secondary N) is 1. The quantitative estimate of drug-likeness (QED) is 0.842. The van der Waals surface area contributed by atoms with Crippen LogP contribution in [0.5, 0.6) is 0 Å². The first-order chi connectivity index (χ1) is 12.2. The summed E-state index contributed by atoms with van der Waals surface area (Å²) < 4.78 is 0. The zero-order valence-electron chi connectivity index (χ0n) is 15.9. The van der Waals surface area contributed by atoms with Crippen molar-refractivity contribution in [2.45, 2.75) is 58.5 Å². The fourth-order valence-corrected chi connectivity index (χ4v) is 3.67. The van der Waals surface area contributed by atoms with Crippen LogP contribution in [0.3, 0.4) is 0 Å². The van der Waals surface area contributed by atoms with Gasteiger partial charge in [0.15, 0.2) is 0 Å². The molecule has 2 N–H and O–H groups in total. The molecule has 1 atom stereocenters. The van der Waals surface area contributed by atoms with Crippen molar-refractivity contribution in [1.82, 2.24) is 10.2 Å². The van der Waals surface area contributed by atoms with E-state index >= 15 is 0 Å². The lowest BCUT2D eigenvalue weighted by Crippen LogP contribution is -2.57. The van der Waals surface area contributed by atoms with Gasteiger partial charge in [-0.25, -0.2) is 0 Å². The largest absolute Gasteiger partial charge is 0.480 e. The number of piperidine rings is 1. The molecule has 0 radical (unpaired) electrons. The lowest BCUT2D eigenvalue weighted by atomic mass is 9.87. The van der Waals surface area contributed by atoms with Crippen LogP contribution in [0.25, 0.3) is 0 Å². The van der Waals surface area contributed by atoms with E-state index in [1.807, 2.05) is 25.7 Å². The van der Waals surface area contributed by atoms with Gasteiger partial charge in [0.2, 0.25) is 5.91 Å². The minimum Gasteiger partial charge on any atom is -0.480 e. The lowest BCUT2D eigenvalue weighted by molar-refractivity contribution is -0.143. The van der Waals surface area contributed by atoms with E-state index in [9.17, 15) is 14.9 Å². The molecular formula is C20H27N3O3. The minimum atomic E-state index is -0.918. The molecule has 0 bridgehead atoms. The predicted octanol–water partition coefficient (Wildman–Crippen LogP) is 2.10. The molecule has 26 heavy (non-hydrogen) atoms. The molecule has 1 unspecified atom stereocenters. The average Bonchev–Trinajstić information content (AvgIpc) is 2.58. The maximum absolute atomic E-state index is 12.6. The second-order valence-electron chi connectivity index (χ2n) is 7.35. The number of nitrogens with zero attached hydrogens (tertiary/aromatic N) is 2. The van der Waals surface area contributed by atoms with E-state index < -0.39 is 17.6 Å². The van der Waals surface area contributed by atoms with Crippen LogP contribution in [-0.2, 0) is 16.0 Å². The molecule has 6 heteroatoms. The van der Waals surface area contributed by atoms with Crippen LogP contribution >= 0.6 is 0 Å².